The van der Waals surface area contributed by atoms with Gasteiger partial charge in [-0.3, -0.25) is 4.79 Å². The van der Waals surface area contributed by atoms with E-state index in [2.05, 4.69) is 5.32 Å². The van der Waals surface area contributed by atoms with Crippen LogP contribution in [0.4, 0.5) is 5.69 Å². The average molecular weight is 291 g/mol. The van der Waals surface area contributed by atoms with E-state index in [1.165, 1.54) is 10.4 Å². The summed E-state index contributed by atoms with van der Waals surface area (Å²) in [6.07, 6.45) is 1.06. The lowest BCUT2D eigenvalue weighted by Crippen LogP contribution is -2.09. The maximum Gasteiger partial charge on any atom is 0.265 e. The maximum absolute atomic E-state index is 12.2. The predicted octanol–water partition coefficient (Wildman–Crippen LogP) is 3.50. The highest BCUT2D eigenvalue weighted by Gasteiger charge is 2.17. The Balaban J connectivity index is 1.78. The number of hydrogen-bond donors (Lipinski definition) is 2. The number of aryl methyl sites for hydroxylation is 1. The number of benzene rings is 1. The smallest absolute Gasteiger partial charge is 0.265 e. The third-order valence-electron chi connectivity index (χ3n) is 2.96. The van der Waals surface area contributed by atoms with Gasteiger partial charge < -0.3 is 10.4 Å². The fraction of sp³-hybridized carbons (Fsp3) is 0.214. The Morgan fingerprint density at radius 3 is 3.00 bits per heavy atom. The van der Waals surface area contributed by atoms with Crippen molar-refractivity contribution in [3.8, 4) is 5.75 Å². The Morgan fingerprint density at radius 1 is 1.32 bits per heavy atom. The monoisotopic (exact) mass is 291 g/mol. The van der Waals surface area contributed by atoms with E-state index in [-0.39, 0.29) is 11.7 Å². The molecule has 2 heterocycles. The molecule has 2 aromatic rings. The summed E-state index contributed by atoms with van der Waals surface area (Å²) in [6.45, 7) is 0. The van der Waals surface area contributed by atoms with Gasteiger partial charge in [0.15, 0.2) is 0 Å². The second-order valence-corrected chi connectivity index (χ2v) is 6.61. The van der Waals surface area contributed by atoms with Crippen LogP contribution in [0.3, 0.4) is 0 Å². The van der Waals surface area contributed by atoms with Crippen molar-refractivity contribution < 1.29 is 9.90 Å². The van der Waals surface area contributed by atoms with Crippen LogP contribution in [0, 0.1) is 0 Å². The van der Waals surface area contributed by atoms with Crippen molar-refractivity contribution in [2.24, 2.45) is 0 Å². The van der Waals surface area contributed by atoms with Gasteiger partial charge in [-0.05, 0) is 35.9 Å². The van der Waals surface area contributed by atoms with Crippen molar-refractivity contribution in [1.29, 1.82) is 0 Å². The van der Waals surface area contributed by atoms with E-state index >= 15 is 0 Å². The molecule has 2 N–H and O–H groups in total. The average Bonchev–Trinajstić information content (AvgIpc) is 2.82. The normalized spacial score (nSPS) is 13.9. The van der Waals surface area contributed by atoms with Crippen LogP contribution in [0.15, 0.2) is 30.3 Å². The first-order valence-electron chi connectivity index (χ1n) is 6.02. The number of thiophene rings is 1. The number of nitrogens with one attached hydrogen (secondary N) is 1. The standard InChI is InChI=1S/C14H13NO2S2/c16-11-3-1-2-10(7-11)15-14(17)13-6-9-8-18-5-4-12(9)19-13/h1-3,6-7,16H,4-5,8H2,(H,15,17). The lowest BCUT2D eigenvalue weighted by molar-refractivity contribution is 0.103. The van der Waals surface area contributed by atoms with Crippen molar-refractivity contribution in [3.05, 3.63) is 45.6 Å². The van der Waals surface area contributed by atoms with Crippen LogP contribution in [-0.2, 0) is 12.2 Å². The topological polar surface area (TPSA) is 49.3 Å². The molecule has 0 aliphatic carbocycles. The Hall–Kier alpha value is -1.46. The molecule has 0 unspecified atom stereocenters. The van der Waals surface area contributed by atoms with Crippen LogP contribution in [-0.4, -0.2) is 16.8 Å². The fourth-order valence-electron chi connectivity index (χ4n) is 2.04. The van der Waals surface area contributed by atoms with Crippen molar-refractivity contribution in [1.82, 2.24) is 0 Å². The van der Waals surface area contributed by atoms with Gasteiger partial charge in [0.25, 0.3) is 5.91 Å². The van der Waals surface area contributed by atoms with Gasteiger partial charge in [-0.2, -0.15) is 11.8 Å². The Labute approximate surface area is 119 Å². The second-order valence-electron chi connectivity index (χ2n) is 4.37. The molecule has 0 bridgehead atoms. The van der Waals surface area contributed by atoms with Crippen molar-refractivity contribution >= 4 is 34.7 Å². The van der Waals surface area contributed by atoms with Crippen molar-refractivity contribution in [2.45, 2.75) is 12.2 Å². The summed E-state index contributed by atoms with van der Waals surface area (Å²) < 4.78 is 0. The van der Waals surface area contributed by atoms with Crippen LogP contribution >= 0.6 is 23.1 Å². The van der Waals surface area contributed by atoms with E-state index in [0.29, 0.717) is 5.69 Å². The van der Waals surface area contributed by atoms with Gasteiger partial charge in [-0.1, -0.05) is 6.07 Å². The molecular formula is C14H13NO2S2. The highest BCUT2D eigenvalue weighted by molar-refractivity contribution is 7.98. The zero-order valence-electron chi connectivity index (χ0n) is 10.2. The number of hydrogen-bond acceptors (Lipinski definition) is 4. The number of rotatable bonds is 2. The van der Waals surface area contributed by atoms with E-state index in [4.69, 9.17) is 0 Å². The summed E-state index contributed by atoms with van der Waals surface area (Å²) in [5, 5.41) is 12.2. The molecule has 1 aliphatic rings. The molecule has 1 aromatic carbocycles. The third-order valence-corrected chi connectivity index (χ3v) is 5.20. The summed E-state index contributed by atoms with van der Waals surface area (Å²) in [6, 6.07) is 8.59. The number of anilines is 1. The first-order chi connectivity index (χ1) is 9.22. The van der Waals surface area contributed by atoms with E-state index in [0.717, 1.165) is 22.8 Å². The maximum atomic E-state index is 12.2. The molecule has 0 saturated heterocycles. The third kappa shape index (κ3) is 2.77. The highest BCUT2D eigenvalue weighted by Crippen LogP contribution is 2.32. The van der Waals surface area contributed by atoms with Gasteiger partial charge >= 0.3 is 0 Å². The molecule has 0 radical (unpaired) electrons. The second kappa shape index (κ2) is 5.27. The van der Waals surface area contributed by atoms with Crippen molar-refractivity contribution in [3.63, 3.8) is 0 Å². The largest absolute Gasteiger partial charge is 0.508 e. The summed E-state index contributed by atoms with van der Waals surface area (Å²) in [4.78, 5) is 14.2. The van der Waals surface area contributed by atoms with E-state index in [1.54, 1.807) is 35.6 Å². The lowest BCUT2D eigenvalue weighted by Gasteiger charge is -2.08. The number of fused-ring (bicyclic) bond motifs is 1. The molecule has 1 aliphatic heterocycles. The highest BCUT2D eigenvalue weighted by atomic mass is 32.2. The molecular weight excluding hydrogens is 278 g/mol. The van der Waals surface area contributed by atoms with Gasteiger partial charge in [0.05, 0.1) is 4.88 Å². The first-order valence-corrected chi connectivity index (χ1v) is 7.99. The molecule has 0 spiro atoms. The number of carbonyl (C=O) groups is 1. The molecule has 98 valence electrons. The predicted molar refractivity (Wildman–Crippen MR) is 80.2 cm³/mol. The minimum absolute atomic E-state index is 0.102. The number of aromatic hydroxyl groups is 1. The summed E-state index contributed by atoms with van der Waals surface area (Å²) >= 11 is 3.49. The first kappa shape index (κ1) is 12.6. The molecule has 19 heavy (non-hydrogen) atoms. The molecule has 1 amide bonds. The quantitative estimate of drug-likeness (QED) is 0.890. The van der Waals surface area contributed by atoms with Crippen LogP contribution in [0.5, 0.6) is 5.75 Å². The number of thioether (sulfide) groups is 1. The molecule has 0 fully saturated rings. The molecule has 3 nitrogen and oxygen atoms in total. The summed E-state index contributed by atoms with van der Waals surface area (Å²) in [7, 11) is 0. The van der Waals surface area contributed by atoms with Crippen LogP contribution < -0.4 is 5.32 Å². The number of phenolic OH excluding ortho intramolecular Hbond substituents is 1. The Kier molecular flexibility index (Phi) is 3.48. The zero-order valence-corrected chi connectivity index (χ0v) is 11.8. The minimum atomic E-state index is -0.102. The number of amides is 1. The van der Waals surface area contributed by atoms with Gasteiger partial charge in [0, 0.05) is 22.4 Å². The van der Waals surface area contributed by atoms with Crippen molar-refractivity contribution in [2.75, 3.05) is 11.1 Å². The summed E-state index contributed by atoms with van der Waals surface area (Å²) in [5.41, 5.74) is 1.91. The molecule has 3 rings (SSSR count). The van der Waals surface area contributed by atoms with E-state index in [9.17, 15) is 9.90 Å². The molecule has 1 aromatic heterocycles. The summed E-state index contributed by atoms with van der Waals surface area (Å²) in [5.74, 6) is 2.20. The Morgan fingerprint density at radius 2 is 2.21 bits per heavy atom. The van der Waals surface area contributed by atoms with Gasteiger partial charge in [-0.15, -0.1) is 11.3 Å². The van der Waals surface area contributed by atoms with Gasteiger partial charge in [-0.25, -0.2) is 0 Å². The Bertz CT molecular complexity index is 598. The fourth-order valence-corrected chi connectivity index (χ4v) is 4.30. The minimum Gasteiger partial charge on any atom is -0.508 e. The van der Waals surface area contributed by atoms with Gasteiger partial charge in [0.2, 0.25) is 0 Å². The zero-order chi connectivity index (χ0) is 13.2. The number of phenols is 1. The lowest BCUT2D eigenvalue weighted by atomic mass is 10.2. The van der Waals surface area contributed by atoms with E-state index < -0.39 is 0 Å². The molecule has 0 atom stereocenters. The van der Waals surface area contributed by atoms with Crippen LogP contribution in [0.1, 0.15) is 20.1 Å². The van der Waals surface area contributed by atoms with Crippen LogP contribution in [0.25, 0.3) is 0 Å². The van der Waals surface area contributed by atoms with Crippen LogP contribution in [0.2, 0.25) is 0 Å². The van der Waals surface area contributed by atoms with Gasteiger partial charge in [0.1, 0.15) is 5.75 Å². The molecule has 0 saturated carbocycles. The van der Waals surface area contributed by atoms with E-state index in [1.807, 2.05) is 17.8 Å². The SMILES string of the molecule is O=C(Nc1cccc(O)c1)c1cc2c(s1)CCSC2. The molecule has 5 heteroatoms. The number of carbonyl (C=O) groups excluding carboxylic acids is 1.